The summed E-state index contributed by atoms with van der Waals surface area (Å²) in [6.45, 7) is 2.27. The highest BCUT2D eigenvalue weighted by molar-refractivity contribution is 5.83. The molecule has 0 amide bonds. The molecular weight excluding hydrogens is 400 g/mol. The van der Waals surface area contributed by atoms with E-state index < -0.39 is 0 Å². The van der Waals surface area contributed by atoms with Crippen molar-refractivity contribution in [3.05, 3.63) is 71.8 Å². The van der Waals surface area contributed by atoms with Crippen molar-refractivity contribution in [2.24, 2.45) is 35.5 Å². The molecule has 0 bridgehead atoms. The lowest BCUT2D eigenvalue weighted by Crippen LogP contribution is -2.36. The third-order valence-corrected chi connectivity index (χ3v) is 9.70. The Morgan fingerprint density at radius 3 is 1.82 bits per heavy atom. The first-order valence-electron chi connectivity index (χ1n) is 13.8. The van der Waals surface area contributed by atoms with Crippen LogP contribution in [0.2, 0.25) is 0 Å². The zero-order chi connectivity index (χ0) is 22.6. The summed E-state index contributed by atoms with van der Waals surface area (Å²) in [6, 6.07) is 22.2. The van der Waals surface area contributed by atoms with Crippen molar-refractivity contribution < 1.29 is 4.79 Å². The van der Waals surface area contributed by atoms with Crippen LogP contribution in [0.3, 0.4) is 0 Å². The fourth-order valence-corrected chi connectivity index (χ4v) is 7.77. The quantitative estimate of drug-likeness (QED) is 0.438. The monoisotopic (exact) mass is 442 g/mol. The Labute approximate surface area is 201 Å². The molecule has 3 saturated carbocycles. The molecule has 0 aliphatic heterocycles. The van der Waals surface area contributed by atoms with Crippen LogP contribution >= 0.6 is 0 Å². The molecular formula is C32H42O. The highest BCUT2D eigenvalue weighted by Gasteiger charge is 2.39. The molecule has 0 aromatic heterocycles. The lowest BCUT2D eigenvalue weighted by atomic mass is 9.63. The maximum Gasteiger partial charge on any atom is 0.139 e. The first kappa shape index (κ1) is 22.9. The van der Waals surface area contributed by atoms with Crippen LogP contribution in [0.4, 0.5) is 0 Å². The summed E-state index contributed by atoms with van der Waals surface area (Å²) in [5.41, 5.74) is 2.89. The van der Waals surface area contributed by atoms with Gasteiger partial charge in [-0.05, 0) is 79.7 Å². The van der Waals surface area contributed by atoms with Crippen LogP contribution in [-0.4, -0.2) is 5.78 Å². The zero-order valence-corrected chi connectivity index (χ0v) is 20.5. The Hall–Kier alpha value is -1.89. The molecule has 0 heterocycles. The van der Waals surface area contributed by atoms with Crippen molar-refractivity contribution in [3.63, 3.8) is 0 Å². The van der Waals surface area contributed by atoms with Gasteiger partial charge in [0.2, 0.25) is 0 Å². The van der Waals surface area contributed by atoms with Crippen molar-refractivity contribution in [3.8, 4) is 0 Å². The van der Waals surface area contributed by atoms with Gasteiger partial charge >= 0.3 is 0 Å². The van der Waals surface area contributed by atoms with Gasteiger partial charge in [0.05, 0.1) is 0 Å². The summed E-state index contributed by atoms with van der Waals surface area (Å²) in [5, 5.41) is 0. The summed E-state index contributed by atoms with van der Waals surface area (Å²) < 4.78 is 0. The highest BCUT2D eigenvalue weighted by Crippen LogP contribution is 2.46. The van der Waals surface area contributed by atoms with E-state index >= 15 is 0 Å². The topological polar surface area (TPSA) is 17.1 Å². The predicted octanol–water partition coefficient (Wildman–Crippen LogP) is 8.44. The molecule has 176 valence electrons. The molecule has 3 fully saturated rings. The van der Waals surface area contributed by atoms with Gasteiger partial charge in [-0.3, -0.25) is 4.79 Å². The summed E-state index contributed by atoms with van der Waals surface area (Å²) in [7, 11) is 0. The SMILES string of the molecule is CC(C(=O)C1CCC2CCCCC2C1)C1CCC(C(c2ccccc2)c2ccccc2)CC1. The fraction of sp³-hybridized carbons (Fsp3) is 0.594. The Morgan fingerprint density at radius 1 is 0.667 bits per heavy atom. The molecule has 1 heteroatoms. The number of hydrogen-bond donors (Lipinski definition) is 0. The van der Waals surface area contributed by atoms with Crippen molar-refractivity contribution >= 4 is 5.78 Å². The molecule has 0 spiro atoms. The normalized spacial score (nSPS) is 31.0. The number of carbonyl (C=O) groups is 1. The van der Waals surface area contributed by atoms with E-state index in [1.54, 1.807) is 0 Å². The fourth-order valence-electron chi connectivity index (χ4n) is 7.77. The van der Waals surface area contributed by atoms with Crippen molar-refractivity contribution in [2.45, 2.75) is 83.5 Å². The Morgan fingerprint density at radius 2 is 1.21 bits per heavy atom. The van der Waals surface area contributed by atoms with E-state index in [1.165, 1.54) is 81.8 Å². The number of hydrogen-bond acceptors (Lipinski definition) is 1. The van der Waals surface area contributed by atoms with Gasteiger partial charge in [-0.2, -0.15) is 0 Å². The maximum atomic E-state index is 13.5. The average Bonchev–Trinajstić information content (AvgIpc) is 2.89. The smallest absolute Gasteiger partial charge is 0.139 e. The number of rotatable bonds is 6. The standard InChI is InChI=1S/C32H42O/c1-23(32(33)30-21-18-25-10-8-9-15-29(25)22-30)24-16-19-28(20-17-24)31(26-11-4-2-5-12-26)27-13-6-3-7-14-27/h2-7,11-14,23-25,28-31H,8-10,15-22H2,1H3. The Kier molecular flexibility index (Phi) is 7.34. The van der Waals surface area contributed by atoms with E-state index in [1.807, 2.05) is 0 Å². The lowest BCUT2D eigenvalue weighted by Gasteiger charge is -2.41. The minimum atomic E-state index is 0.253. The molecule has 0 saturated heterocycles. The van der Waals surface area contributed by atoms with Gasteiger partial charge in [-0.1, -0.05) is 93.3 Å². The zero-order valence-electron chi connectivity index (χ0n) is 20.5. The molecule has 4 atom stereocenters. The van der Waals surface area contributed by atoms with Gasteiger partial charge in [0.1, 0.15) is 5.78 Å². The van der Waals surface area contributed by atoms with Gasteiger partial charge in [-0.25, -0.2) is 0 Å². The predicted molar refractivity (Wildman–Crippen MR) is 137 cm³/mol. The lowest BCUT2D eigenvalue weighted by molar-refractivity contribution is -0.130. The average molecular weight is 443 g/mol. The second-order valence-corrected chi connectivity index (χ2v) is 11.5. The van der Waals surface area contributed by atoms with Gasteiger partial charge in [0, 0.05) is 17.8 Å². The summed E-state index contributed by atoms with van der Waals surface area (Å²) in [4.78, 5) is 13.5. The number of Topliss-reactive ketones (excluding diaryl/α,β-unsaturated/α-hetero) is 1. The molecule has 2 aromatic carbocycles. The number of carbonyl (C=O) groups excluding carboxylic acids is 1. The molecule has 4 unspecified atom stereocenters. The molecule has 3 aliphatic rings. The van der Waals surface area contributed by atoms with Crippen LogP contribution in [0.1, 0.15) is 94.6 Å². The number of benzene rings is 2. The summed E-state index contributed by atoms with van der Waals surface area (Å²) in [6.07, 6.45) is 14.2. The summed E-state index contributed by atoms with van der Waals surface area (Å²) in [5.74, 6) is 4.74. The third kappa shape index (κ3) is 5.13. The van der Waals surface area contributed by atoms with Crippen molar-refractivity contribution in [1.29, 1.82) is 0 Å². The van der Waals surface area contributed by atoms with Crippen molar-refractivity contribution in [2.75, 3.05) is 0 Å². The molecule has 2 aromatic rings. The van der Waals surface area contributed by atoms with Gasteiger partial charge in [-0.15, -0.1) is 0 Å². The third-order valence-electron chi connectivity index (χ3n) is 9.70. The van der Waals surface area contributed by atoms with Crippen LogP contribution in [0, 0.1) is 35.5 Å². The van der Waals surface area contributed by atoms with E-state index in [4.69, 9.17) is 0 Å². The highest BCUT2D eigenvalue weighted by atomic mass is 16.1. The number of fused-ring (bicyclic) bond motifs is 1. The van der Waals surface area contributed by atoms with Crippen LogP contribution in [0.5, 0.6) is 0 Å². The van der Waals surface area contributed by atoms with E-state index in [0.29, 0.717) is 29.5 Å². The van der Waals surface area contributed by atoms with E-state index in [2.05, 4.69) is 67.6 Å². The van der Waals surface area contributed by atoms with E-state index in [0.717, 1.165) is 11.8 Å². The molecule has 5 rings (SSSR count). The summed E-state index contributed by atoms with van der Waals surface area (Å²) >= 11 is 0. The second kappa shape index (κ2) is 10.6. The van der Waals surface area contributed by atoms with Crippen LogP contribution in [0.15, 0.2) is 60.7 Å². The van der Waals surface area contributed by atoms with Crippen molar-refractivity contribution in [1.82, 2.24) is 0 Å². The van der Waals surface area contributed by atoms with Gasteiger partial charge in [0.15, 0.2) is 0 Å². The minimum Gasteiger partial charge on any atom is -0.299 e. The molecule has 0 radical (unpaired) electrons. The molecule has 0 N–H and O–H groups in total. The van der Waals surface area contributed by atoms with Crippen LogP contribution in [-0.2, 0) is 4.79 Å². The number of ketones is 1. The Balaban J connectivity index is 1.22. The van der Waals surface area contributed by atoms with Gasteiger partial charge < -0.3 is 0 Å². The molecule has 33 heavy (non-hydrogen) atoms. The first-order valence-corrected chi connectivity index (χ1v) is 13.8. The largest absolute Gasteiger partial charge is 0.299 e. The van der Waals surface area contributed by atoms with Crippen LogP contribution in [0.25, 0.3) is 0 Å². The molecule has 3 aliphatic carbocycles. The van der Waals surface area contributed by atoms with E-state index in [9.17, 15) is 4.79 Å². The maximum absolute atomic E-state index is 13.5. The first-order chi connectivity index (χ1) is 16.2. The minimum absolute atomic E-state index is 0.253. The second-order valence-electron chi connectivity index (χ2n) is 11.5. The Bertz CT molecular complexity index is 840. The van der Waals surface area contributed by atoms with E-state index in [-0.39, 0.29) is 5.92 Å². The molecule has 1 nitrogen and oxygen atoms in total. The van der Waals surface area contributed by atoms with Gasteiger partial charge in [0.25, 0.3) is 0 Å². The van der Waals surface area contributed by atoms with Crippen LogP contribution < -0.4 is 0 Å².